The molecule has 0 heterocycles. The lowest BCUT2D eigenvalue weighted by atomic mass is 9.63. The number of rotatable bonds is 6. The predicted octanol–water partition coefficient (Wildman–Crippen LogP) is 8.39. The van der Waals surface area contributed by atoms with Crippen molar-refractivity contribution in [3.8, 4) is 0 Å². The lowest BCUT2D eigenvalue weighted by Crippen LogP contribution is -2.30. The van der Waals surface area contributed by atoms with Gasteiger partial charge in [0.2, 0.25) is 0 Å². The lowest BCUT2D eigenvalue weighted by Gasteiger charge is -2.42. The van der Waals surface area contributed by atoms with Gasteiger partial charge in [-0.05, 0) is 91.0 Å². The molecular weight excluding hydrogens is 350 g/mol. The largest absolute Gasteiger partial charge is 0.207 e. The van der Waals surface area contributed by atoms with Crippen molar-refractivity contribution in [2.24, 2.45) is 17.8 Å². The Morgan fingerprint density at radius 1 is 0.857 bits per heavy atom. The Labute approximate surface area is 168 Å². The molecule has 0 spiro atoms. The summed E-state index contributed by atoms with van der Waals surface area (Å²) in [4.78, 5) is 0. The molecule has 2 saturated carbocycles. The van der Waals surface area contributed by atoms with E-state index in [-0.39, 0.29) is 11.6 Å². The first-order chi connectivity index (χ1) is 13.6. The summed E-state index contributed by atoms with van der Waals surface area (Å²) in [6, 6.07) is 8.12. The highest BCUT2D eigenvalue weighted by Gasteiger charge is 2.35. The van der Waals surface area contributed by atoms with E-state index in [1.54, 1.807) is 12.1 Å². The third kappa shape index (κ3) is 4.42. The van der Waals surface area contributed by atoms with Crippen LogP contribution >= 0.6 is 0 Å². The third-order valence-corrected chi connectivity index (χ3v) is 7.55. The average molecular weight is 385 g/mol. The fourth-order valence-corrected chi connectivity index (χ4v) is 5.96. The van der Waals surface area contributed by atoms with Crippen LogP contribution in [0.5, 0.6) is 0 Å². The molecule has 0 saturated heterocycles. The fourth-order valence-electron chi connectivity index (χ4n) is 5.96. The van der Waals surface area contributed by atoms with Crippen LogP contribution in [-0.2, 0) is 0 Å². The molecule has 0 amide bonds. The zero-order valence-corrected chi connectivity index (χ0v) is 17.2. The van der Waals surface area contributed by atoms with E-state index in [0.29, 0.717) is 16.7 Å². The molecular formula is C26H34F2. The van der Waals surface area contributed by atoms with Gasteiger partial charge in [-0.2, -0.15) is 0 Å². The normalized spacial score (nSPS) is 27.7. The molecule has 152 valence electrons. The molecule has 2 aliphatic carbocycles. The summed E-state index contributed by atoms with van der Waals surface area (Å²) in [5, 5.41) is 1.23. The lowest BCUT2D eigenvalue weighted by molar-refractivity contribution is 0.113. The van der Waals surface area contributed by atoms with Crippen molar-refractivity contribution in [3.05, 3.63) is 47.5 Å². The number of halogens is 2. The number of unbranched alkanes of at least 4 members (excludes halogenated alkanes) is 3. The maximum atomic E-state index is 14.6. The summed E-state index contributed by atoms with van der Waals surface area (Å²) in [6.07, 6.45) is 14.7. The Morgan fingerprint density at radius 3 is 2.54 bits per heavy atom. The smallest absolute Gasteiger partial charge is 0.131 e. The highest BCUT2D eigenvalue weighted by Crippen LogP contribution is 2.48. The number of benzene rings is 2. The Kier molecular flexibility index (Phi) is 6.33. The maximum absolute atomic E-state index is 14.6. The molecule has 2 fully saturated rings. The van der Waals surface area contributed by atoms with Gasteiger partial charge in [-0.1, -0.05) is 51.5 Å². The first-order valence-electron chi connectivity index (χ1n) is 11.5. The zero-order valence-electron chi connectivity index (χ0n) is 17.2. The Morgan fingerprint density at radius 2 is 1.68 bits per heavy atom. The molecule has 2 heteroatoms. The van der Waals surface area contributed by atoms with Crippen molar-refractivity contribution in [2.45, 2.75) is 83.5 Å². The minimum atomic E-state index is -0.287. The Hall–Kier alpha value is -1.44. The van der Waals surface area contributed by atoms with Gasteiger partial charge in [0.1, 0.15) is 11.6 Å². The van der Waals surface area contributed by atoms with Crippen molar-refractivity contribution < 1.29 is 8.78 Å². The van der Waals surface area contributed by atoms with Crippen LogP contribution in [0.15, 0.2) is 30.3 Å². The van der Waals surface area contributed by atoms with Crippen molar-refractivity contribution >= 4 is 10.8 Å². The van der Waals surface area contributed by atoms with E-state index in [1.165, 1.54) is 76.3 Å². The van der Waals surface area contributed by atoms with Gasteiger partial charge in [0.25, 0.3) is 0 Å². The van der Waals surface area contributed by atoms with Crippen LogP contribution in [0.4, 0.5) is 8.78 Å². The van der Waals surface area contributed by atoms with E-state index in [9.17, 15) is 8.78 Å². The van der Waals surface area contributed by atoms with Gasteiger partial charge in [0, 0.05) is 5.39 Å². The minimum absolute atomic E-state index is 0.203. The first kappa shape index (κ1) is 19.9. The van der Waals surface area contributed by atoms with Gasteiger partial charge in [0.15, 0.2) is 0 Å². The number of fused-ring (bicyclic) bond motifs is 2. The molecule has 4 atom stereocenters. The van der Waals surface area contributed by atoms with E-state index in [2.05, 4.69) is 6.92 Å². The second kappa shape index (κ2) is 8.93. The molecule has 0 aromatic heterocycles. The number of hydrogen-bond acceptors (Lipinski definition) is 0. The van der Waals surface area contributed by atoms with Crippen LogP contribution in [0, 0.1) is 29.4 Å². The molecule has 2 aromatic rings. The number of hydrogen-bond donors (Lipinski definition) is 0. The van der Waals surface area contributed by atoms with Crippen molar-refractivity contribution in [3.63, 3.8) is 0 Å². The summed E-state index contributed by atoms with van der Waals surface area (Å²) in [5.74, 6) is 2.57. The zero-order chi connectivity index (χ0) is 19.5. The van der Waals surface area contributed by atoms with Crippen LogP contribution < -0.4 is 0 Å². The quantitative estimate of drug-likeness (QED) is 0.439. The van der Waals surface area contributed by atoms with Crippen LogP contribution in [0.2, 0.25) is 0 Å². The highest BCUT2D eigenvalue weighted by molar-refractivity contribution is 5.84. The molecule has 28 heavy (non-hydrogen) atoms. The van der Waals surface area contributed by atoms with E-state index >= 15 is 0 Å². The van der Waals surface area contributed by atoms with Gasteiger partial charge in [-0.3, -0.25) is 0 Å². The third-order valence-electron chi connectivity index (χ3n) is 7.55. The van der Waals surface area contributed by atoms with Gasteiger partial charge in [-0.15, -0.1) is 0 Å². The summed E-state index contributed by atoms with van der Waals surface area (Å²) in [7, 11) is 0. The van der Waals surface area contributed by atoms with Crippen LogP contribution in [0.3, 0.4) is 0 Å². The SMILES string of the molecule is CCCCCCC1CCC2CC(c3cc(F)c4ccc(F)cc4c3)CCC2C1. The molecule has 2 aliphatic rings. The molecule has 0 nitrogen and oxygen atoms in total. The van der Waals surface area contributed by atoms with Crippen LogP contribution in [0.25, 0.3) is 10.8 Å². The summed E-state index contributed by atoms with van der Waals surface area (Å²) >= 11 is 0. The molecule has 0 radical (unpaired) electrons. The van der Waals surface area contributed by atoms with E-state index in [4.69, 9.17) is 0 Å². The van der Waals surface area contributed by atoms with Crippen molar-refractivity contribution in [1.82, 2.24) is 0 Å². The highest BCUT2D eigenvalue weighted by atomic mass is 19.1. The molecule has 4 rings (SSSR count). The fraction of sp³-hybridized carbons (Fsp3) is 0.615. The topological polar surface area (TPSA) is 0 Å². The monoisotopic (exact) mass is 384 g/mol. The van der Waals surface area contributed by atoms with Crippen molar-refractivity contribution in [1.29, 1.82) is 0 Å². The summed E-state index contributed by atoms with van der Waals surface area (Å²) in [5.41, 5.74) is 1.08. The molecule has 4 unspecified atom stereocenters. The summed E-state index contributed by atoms with van der Waals surface area (Å²) < 4.78 is 28.2. The van der Waals surface area contributed by atoms with Crippen LogP contribution in [0.1, 0.15) is 89.0 Å². The average Bonchev–Trinajstić information content (AvgIpc) is 2.70. The van der Waals surface area contributed by atoms with E-state index < -0.39 is 0 Å². The molecule has 0 bridgehead atoms. The minimum Gasteiger partial charge on any atom is -0.207 e. The van der Waals surface area contributed by atoms with Gasteiger partial charge < -0.3 is 0 Å². The molecule has 2 aromatic carbocycles. The molecule has 0 aliphatic heterocycles. The first-order valence-corrected chi connectivity index (χ1v) is 11.5. The van der Waals surface area contributed by atoms with Gasteiger partial charge in [-0.25, -0.2) is 8.78 Å². The summed E-state index contributed by atoms with van der Waals surface area (Å²) in [6.45, 7) is 2.28. The second-order valence-electron chi connectivity index (χ2n) is 9.43. The predicted molar refractivity (Wildman–Crippen MR) is 114 cm³/mol. The standard InChI is InChI=1S/C26H34F2/c1-2-3-4-5-6-18-7-8-20-14-21(10-9-19(20)13-18)22-15-23-16-24(27)11-12-25(23)26(28)17-22/h11-12,15-21H,2-10,13-14H2,1H3. The van der Waals surface area contributed by atoms with Crippen LogP contribution in [-0.4, -0.2) is 0 Å². The van der Waals surface area contributed by atoms with E-state index in [1.807, 2.05) is 6.07 Å². The Bertz CT molecular complexity index is 796. The van der Waals surface area contributed by atoms with Gasteiger partial charge >= 0.3 is 0 Å². The van der Waals surface area contributed by atoms with Crippen molar-refractivity contribution in [2.75, 3.05) is 0 Å². The Balaban J connectivity index is 1.39. The second-order valence-corrected chi connectivity index (χ2v) is 9.43. The molecule has 0 N–H and O–H groups in total. The van der Waals surface area contributed by atoms with Gasteiger partial charge in [0.05, 0.1) is 0 Å². The van der Waals surface area contributed by atoms with E-state index in [0.717, 1.165) is 29.7 Å². The maximum Gasteiger partial charge on any atom is 0.131 e.